The third kappa shape index (κ3) is 1.58. The first-order valence-electron chi connectivity index (χ1n) is 5.39. The zero-order valence-corrected chi connectivity index (χ0v) is 10.6. The maximum Gasteiger partial charge on any atom is 0.211 e. The van der Waals surface area contributed by atoms with E-state index in [1.807, 2.05) is 24.3 Å². The van der Waals surface area contributed by atoms with Gasteiger partial charge in [-0.05, 0) is 34.4 Å². The Balaban J connectivity index is 2.17. The Morgan fingerprint density at radius 2 is 1.82 bits per heavy atom. The molecule has 0 aliphatic heterocycles. The molecule has 0 saturated heterocycles. The molecule has 2 nitrogen and oxygen atoms in total. The van der Waals surface area contributed by atoms with Gasteiger partial charge in [0.2, 0.25) is 6.41 Å². The van der Waals surface area contributed by atoms with Gasteiger partial charge in [0.05, 0.1) is 4.83 Å². The van der Waals surface area contributed by atoms with Crippen LogP contribution in [0.4, 0.5) is 5.69 Å². The van der Waals surface area contributed by atoms with Crippen molar-refractivity contribution in [1.82, 2.24) is 0 Å². The quantitative estimate of drug-likeness (QED) is 0.662. The van der Waals surface area contributed by atoms with Gasteiger partial charge in [-0.1, -0.05) is 46.3 Å². The van der Waals surface area contributed by atoms with E-state index in [9.17, 15) is 4.79 Å². The first-order chi connectivity index (χ1) is 8.31. The molecule has 0 spiro atoms. The van der Waals surface area contributed by atoms with E-state index in [0.717, 1.165) is 5.69 Å². The zero-order valence-electron chi connectivity index (χ0n) is 8.98. The summed E-state index contributed by atoms with van der Waals surface area (Å²) >= 11 is 3.70. The average molecular weight is 288 g/mol. The SMILES string of the molecule is O=CNc1ccc2c(c1)[C@H](Br)c1ccccc1-2. The van der Waals surface area contributed by atoms with E-state index in [2.05, 4.69) is 39.4 Å². The second kappa shape index (κ2) is 4.00. The van der Waals surface area contributed by atoms with Crippen molar-refractivity contribution in [2.45, 2.75) is 4.83 Å². The molecule has 1 N–H and O–H groups in total. The lowest BCUT2D eigenvalue weighted by atomic mass is 10.1. The van der Waals surface area contributed by atoms with E-state index < -0.39 is 0 Å². The number of halogens is 1. The minimum absolute atomic E-state index is 0.210. The summed E-state index contributed by atoms with van der Waals surface area (Å²) in [5.74, 6) is 0. The number of carbonyl (C=O) groups excluding carboxylic acids is 1. The maximum atomic E-state index is 10.5. The lowest BCUT2D eigenvalue weighted by Gasteiger charge is -2.06. The Kier molecular flexibility index (Phi) is 2.48. The van der Waals surface area contributed by atoms with Crippen LogP contribution in [0.15, 0.2) is 42.5 Å². The van der Waals surface area contributed by atoms with Gasteiger partial charge in [-0.3, -0.25) is 4.79 Å². The summed E-state index contributed by atoms with van der Waals surface area (Å²) in [4.78, 5) is 10.7. The standard InChI is InChI=1S/C14H10BrNO/c15-14-12-4-2-1-3-10(12)11-6-5-9(16-8-17)7-13(11)14/h1-8,14H,(H,16,17)/t14-/m1/s1. The molecule has 0 aromatic heterocycles. The molecular weight excluding hydrogens is 278 g/mol. The van der Waals surface area contributed by atoms with E-state index in [1.54, 1.807) is 0 Å². The lowest BCUT2D eigenvalue weighted by molar-refractivity contribution is -0.105. The van der Waals surface area contributed by atoms with E-state index in [1.165, 1.54) is 22.3 Å². The van der Waals surface area contributed by atoms with Crippen LogP contribution in [0, 0.1) is 0 Å². The van der Waals surface area contributed by atoms with E-state index in [0.29, 0.717) is 6.41 Å². The second-order valence-corrected chi connectivity index (χ2v) is 4.93. The number of alkyl halides is 1. The van der Waals surface area contributed by atoms with Crippen molar-refractivity contribution < 1.29 is 4.79 Å². The van der Waals surface area contributed by atoms with Gasteiger partial charge >= 0.3 is 0 Å². The minimum atomic E-state index is 0.210. The van der Waals surface area contributed by atoms with Gasteiger partial charge in [0.1, 0.15) is 0 Å². The molecule has 0 fully saturated rings. The minimum Gasteiger partial charge on any atom is -0.329 e. The summed E-state index contributed by atoms with van der Waals surface area (Å²) in [5.41, 5.74) is 5.82. The smallest absolute Gasteiger partial charge is 0.211 e. The fraction of sp³-hybridized carbons (Fsp3) is 0.0714. The first kappa shape index (κ1) is 10.5. The van der Waals surface area contributed by atoms with E-state index in [4.69, 9.17) is 0 Å². The molecule has 1 aliphatic rings. The van der Waals surface area contributed by atoms with Crippen LogP contribution in [0.5, 0.6) is 0 Å². The molecule has 3 heteroatoms. The first-order valence-corrected chi connectivity index (χ1v) is 6.30. The van der Waals surface area contributed by atoms with Crippen LogP contribution >= 0.6 is 15.9 Å². The van der Waals surface area contributed by atoms with Crippen molar-refractivity contribution in [3.63, 3.8) is 0 Å². The lowest BCUT2D eigenvalue weighted by Crippen LogP contribution is -1.95. The number of hydrogen-bond acceptors (Lipinski definition) is 1. The molecule has 1 amide bonds. The number of carbonyl (C=O) groups is 1. The molecule has 0 radical (unpaired) electrons. The van der Waals surface area contributed by atoms with Crippen molar-refractivity contribution in [3.05, 3.63) is 53.6 Å². The van der Waals surface area contributed by atoms with Crippen molar-refractivity contribution in [2.75, 3.05) is 5.32 Å². The van der Waals surface area contributed by atoms with Crippen LogP contribution in [0.25, 0.3) is 11.1 Å². The molecule has 84 valence electrons. The van der Waals surface area contributed by atoms with Crippen LogP contribution in [0.3, 0.4) is 0 Å². The number of amides is 1. The van der Waals surface area contributed by atoms with Gasteiger partial charge < -0.3 is 5.32 Å². The maximum absolute atomic E-state index is 10.5. The van der Waals surface area contributed by atoms with Gasteiger partial charge in [0.15, 0.2) is 0 Å². The predicted octanol–water partition coefficient (Wildman–Crippen LogP) is 3.72. The molecule has 17 heavy (non-hydrogen) atoms. The molecule has 0 bridgehead atoms. The number of hydrogen-bond donors (Lipinski definition) is 1. The van der Waals surface area contributed by atoms with Crippen LogP contribution in [0.1, 0.15) is 16.0 Å². The van der Waals surface area contributed by atoms with Gasteiger partial charge in [-0.15, -0.1) is 0 Å². The fourth-order valence-electron chi connectivity index (χ4n) is 2.31. The highest BCUT2D eigenvalue weighted by Crippen LogP contribution is 2.48. The molecule has 2 aromatic carbocycles. The molecule has 1 atom stereocenters. The Bertz CT molecular complexity index is 595. The van der Waals surface area contributed by atoms with Crippen LogP contribution in [-0.4, -0.2) is 6.41 Å². The van der Waals surface area contributed by atoms with Crippen molar-refractivity contribution in [2.24, 2.45) is 0 Å². The third-order valence-electron chi connectivity index (χ3n) is 3.07. The largest absolute Gasteiger partial charge is 0.329 e. The highest BCUT2D eigenvalue weighted by molar-refractivity contribution is 9.09. The average Bonchev–Trinajstić information content (AvgIpc) is 2.65. The normalized spacial score (nSPS) is 16.2. The second-order valence-electron chi connectivity index (χ2n) is 4.01. The topological polar surface area (TPSA) is 29.1 Å². The Morgan fingerprint density at radius 1 is 1.06 bits per heavy atom. The van der Waals surface area contributed by atoms with Crippen LogP contribution in [0.2, 0.25) is 0 Å². The zero-order chi connectivity index (χ0) is 11.8. The van der Waals surface area contributed by atoms with Crippen molar-refractivity contribution in [3.8, 4) is 11.1 Å². The van der Waals surface area contributed by atoms with Gasteiger partial charge in [-0.2, -0.15) is 0 Å². The molecule has 0 saturated carbocycles. The molecule has 1 aliphatic carbocycles. The van der Waals surface area contributed by atoms with E-state index in [-0.39, 0.29) is 4.83 Å². The van der Waals surface area contributed by atoms with Crippen molar-refractivity contribution >= 4 is 28.0 Å². The fourth-order valence-corrected chi connectivity index (χ4v) is 3.08. The summed E-state index contributed by atoms with van der Waals surface area (Å²) < 4.78 is 0. The Labute approximate surface area is 108 Å². The molecule has 3 rings (SSSR count). The van der Waals surface area contributed by atoms with Gasteiger partial charge in [-0.25, -0.2) is 0 Å². The summed E-state index contributed by atoms with van der Waals surface area (Å²) in [6.07, 6.45) is 0.701. The number of anilines is 1. The van der Waals surface area contributed by atoms with Gasteiger partial charge in [0, 0.05) is 5.69 Å². The van der Waals surface area contributed by atoms with E-state index >= 15 is 0 Å². The molecule has 0 heterocycles. The Hall–Kier alpha value is -1.61. The number of rotatable bonds is 2. The number of nitrogens with one attached hydrogen (secondary N) is 1. The summed E-state index contributed by atoms with van der Waals surface area (Å²) in [6, 6.07) is 14.3. The highest BCUT2D eigenvalue weighted by Gasteiger charge is 2.26. The molecule has 2 aromatic rings. The third-order valence-corrected chi connectivity index (χ3v) is 4.06. The molecule has 0 unspecified atom stereocenters. The molecular formula is C14H10BrNO. The number of benzene rings is 2. The van der Waals surface area contributed by atoms with Crippen LogP contribution < -0.4 is 5.32 Å². The monoisotopic (exact) mass is 287 g/mol. The number of fused-ring (bicyclic) bond motifs is 3. The predicted molar refractivity (Wildman–Crippen MR) is 72.3 cm³/mol. The Morgan fingerprint density at radius 3 is 2.65 bits per heavy atom. The van der Waals surface area contributed by atoms with Gasteiger partial charge in [0.25, 0.3) is 0 Å². The summed E-state index contributed by atoms with van der Waals surface area (Å²) in [7, 11) is 0. The summed E-state index contributed by atoms with van der Waals surface area (Å²) in [6.45, 7) is 0. The summed E-state index contributed by atoms with van der Waals surface area (Å²) in [5, 5.41) is 2.68. The van der Waals surface area contributed by atoms with Crippen LogP contribution in [-0.2, 0) is 4.79 Å². The highest BCUT2D eigenvalue weighted by atomic mass is 79.9. The van der Waals surface area contributed by atoms with Crippen molar-refractivity contribution in [1.29, 1.82) is 0 Å².